The van der Waals surface area contributed by atoms with Gasteiger partial charge in [-0.25, -0.2) is 5.43 Å². The molecule has 4 heteroatoms. The number of fused-ring (bicyclic) bond motifs is 1. The number of carbonyl (C=O) groups is 1. The lowest BCUT2D eigenvalue weighted by Gasteiger charge is -2.17. The lowest BCUT2D eigenvalue weighted by atomic mass is 9.92. The Bertz CT molecular complexity index is 812. The van der Waals surface area contributed by atoms with Gasteiger partial charge in [-0.2, -0.15) is 5.26 Å². The zero-order valence-corrected chi connectivity index (χ0v) is 11.9. The van der Waals surface area contributed by atoms with E-state index in [2.05, 4.69) is 16.9 Å². The second-order valence-electron chi connectivity index (χ2n) is 5.62. The number of amides is 1. The Kier molecular flexibility index (Phi) is 3.00. The molecule has 0 unspecified atom stereocenters. The van der Waals surface area contributed by atoms with Crippen molar-refractivity contribution in [3.8, 4) is 6.07 Å². The summed E-state index contributed by atoms with van der Waals surface area (Å²) < 4.78 is 0. The first-order valence-electron chi connectivity index (χ1n) is 6.74. The Morgan fingerprint density at radius 2 is 1.86 bits per heavy atom. The predicted molar refractivity (Wildman–Crippen MR) is 82.0 cm³/mol. The second-order valence-corrected chi connectivity index (χ2v) is 5.62. The molecule has 0 aromatic heterocycles. The van der Waals surface area contributed by atoms with Gasteiger partial charge in [-0.3, -0.25) is 10.2 Å². The molecule has 1 aliphatic heterocycles. The van der Waals surface area contributed by atoms with Crippen LogP contribution in [0.5, 0.6) is 0 Å². The van der Waals surface area contributed by atoms with E-state index in [4.69, 9.17) is 0 Å². The molecule has 0 atom stereocenters. The van der Waals surface area contributed by atoms with Crippen molar-refractivity contribution in [3.63, 3.8) is 0 Å². The zero-order valence-electron chi connectivity index (χ0n) is 11.9. The summed E-state index contributed by atoms with van der Waals surface area (Å²) in [5, 5.41) is 11.1. The molecule has 2 N–H and O–H groups in total. The van der Waals surface area contributed by atoms with Crippen LogP contribution in [0.1, 0.15) is 25.0 Å². The maximum Gasteiger partial charge on any atom is 0.263 e. The summed E-state index contributed by atoms with van der Waals surface area (Å²) in [5.74, 6) is -0.117. The van der Waals surface area contributed by atoms with Gasteiger partial charge in [-0.15, -0.1) is 0 Å². The first-order valence-corrected chi connectivity index (χ1v) is 6.74. The van der Waals surface area contributed by atoms with Gasteiger partial charge in [0.25, 0.3) is 5.91 Å². The highest BCUT2D eigenvalue weighted by Gasteiger charge is 2.34. The number of nitrogens with one attached hydrogen (secondary N) is 2. The fourth-order valence-electron chi connectivity index (χ4n) is 2.59. The Labute approximate surface area is 123 Å². The third kappa shape index (κ3) is 2.18. The SMILES string of the molecule is CC1(C)NNC(=O)/C1=C\c1cccc2c(C#N)cccc12. The van der Waals surface area contributed by atoms with Crippen molar-refractivity contribution < 1.29 is 4.79 Å². The minimum atomic E-state index is -0.425. The highest BCUT2D eigenvalue weighted by Crippen LogP contribution is 2.28. The number of nitriles is 1. The third-order valence-electron chi connectivity index (χ3n) is 3.78. The molecular weight excluding hydrogens is 262 g/mol. The van der Waals surface area contributed by atoms with Gasteiger partial charge < -0.3 is 0 Å². The van der Waals surface area contributed by atoms with E-state index >= 15 is 0 Å². The normalized spacial score (nSPS) is 18.7. The quantitative estimate of drug-likeness (QED) is 0.787. The van der Waals surface area contributed by atoms with Crippen LogP contribution in [0.15, 0.2) is 42.0 Å². The van der Waals surface area contributed by atoms with E-state index in [9.17, 15) is 10.1 Å². The molecule has 1 heterocycles. The number of benzene rings is 2. The minimum Gasteiger partial charge on any atom is -0.287 e. The molecule has 2 aromatic carbocycles. The van der Waals surface area contributed by atoms with Crippen LogP contribution >= 0.6 is 0 Å². The standard InChI is InChI=1S/C17H15N3O/c1-17(2)15(16(21)19-20-17)9-11-5-3-8-14-12(10-18)6-4-7-13(11)14/h3-9,20H,1-2H3,(H,19,21)/b15-9+. The first kappa shape index (κ1) is 13.3. The molecule has 1 aliphatic rings. The Balaban J connectivity index is 2.23. The van der Waals surface area contributed by atoms with Crippen LogP contribution in [0.3, 0.4) is 0 Å². The number of hydrogen-bond acceptors (Lipinski definition) is 3. The summed E-state index contributed by atoms with van der Waals surface area (Å²) in [6.07, 6.45) is 1.89. The largest absolute Gasteiger partial charge is 0.287 e. The van der Waals surface area contributed by atoms with E-state index in [0.29, 0.717) is 11.1 Å². The molecular formula is C17H15N3O. The number of carbonyl (C=O) groups excluding carboxylic acids is 1. The molecule has 0 spiro atoms. The number of nitrogens with zero attached hydrogens (tertiary/aromatic N) is 1. The van der Waals surface area contributed by atoms with E-state index in [1.54, 1.807) is 6.07 Å². The van der Waals surface area contributed by atoms with Gasteiger partial charge in [0.1, 0.15) is 0 Å². The molecule has 0 saturated carbocycles. The lowest BCUT2D eigenvalue weighted by molar-refractivity contribution is -0.116. The van der Waals surface area contributed by atoms with Gasteiger partial charge in [-0.05, 0) is 36.9 Å². The van der Waals surface area contributed by atoms with Crippen molar-refractivity contribution in [2.24, 2.45) is 0 Å². The Hall–Kier alpha value is -2.64. The van der Waals surface area contributed by atoms with Gasteiger partial charge in [0.05, 0.1) is 17.2 Å². The molecule has 0 aliphatic carbocycles. The molecule has 1 saturated heterocycles. The predicted octanol–water partition coefficient (Wildman–Crippen LogP) is 2.51. The van der Waals surface area contributed by atoms with Crippen molar-refractivity contribution in [1.82, 2.24) is 10.9 Å². The van der Waals surface area contributed by atoms with Crippen molar-refractivity contribution >= 4 is 22.8 Å². The van der Waals surface area contributed by atoms with Crippen LogP contribution in [-0.4, -0.2) is 11.4 Å². The number of rotatable bonds is 1. The molecule has 21 heavy (non-hydrogen) atoms. The van der Waals surface area contributed by atoms with Crippen molar-refractivity contribution in [2.75, 3.05) is 0 Å². The topological polar surface area (TPSA) is 64.9 Å². The Morgan fingerprint density at radius 3 is 2.52 bits per heavy atom. The van der Waals surface area contributed by atoms with E-state index < -0.39 is 5.54 Å². The van der Waals surface area contributed by atoms with Crippen molar-refractivity contribution in [3.05, 3.63) is 53.1 Å². The van der Waals surface area contributed by atoms with Crippen LogP contribution in [0, 0.1) is 11.3 Å². The summed E-state index contributed by atoms with van der Waals surface area (Å²) in [6.45, 7) is 3.89. The zero-order chi connectivity index (χ0) is 15.0. The molecule has 2 aromatic rings. The fourth-order valence-corrected chi connectivity index (χ4v) is 2.59. The van der Waals surface area contributed by atoms with Gasteiger partial charge in [0.2, 0.25) is 0 Å². The summed E-state index contributed by atoms with van der Waals surface area (Å²) >= 11 is 0. The summed E-state index contributed by atoms with van der Waals surface area (Å²) in [7, 11) is 0. The highest BCUT2D eigenvalue weighted by molar-refractivity contribution is 6.04. The van der Waals surface area contributed by atoms with E-state index in [1.807, 2.05) is 50.3 Å². The second kappa shape index (κ2) is 4.72. The molecule has 1 amide bonds. The van der Waals surface area contributed by atoms with Gasteiger partial charge in [0.15, 0.2) is 0 Å². The maximum absolute atomic E-state index is 12.0. The van der Waals surface area contributed by atoms with Crippen LogP contribution in [0.4, 0.5) is 0 Å². The monoisotopic (exact) mass is 277 g/mol. The first-order chi connectivity index (χ1) is 10.0. The maximum atomic E-state index is 12.0. The van der Waals surface area contributed by atoms with E-state index in [-0.39, 0.29) is 5.91 Å². The summed E-state index contributed by atoms with van der Waals surface area (Å²) in [4.78, 5) is 12.0. The average Bonchev–Trinajstić information content (AvgIpc) is 2.74. The minimum absolute atomic E-state index is 0.117. The fraction of sp³-hybridized carbons (Fsp3) is 0.176. The van der Waals surface area contributed by atoms with Gasteiger partial charge in [-0.1, -0.05) is 30.3 Å². The van der Waals surface area contributed by atoms with Gasteiger partial charge in [0, 0.05) is 11.0 Å². The van der Waals surface area contributed by atoms with Gasteiger partial charge >= 0.3 is 0 Å². The van der Waals surface area contributed by atoms with Crippen LogP contribution in [0.2, 0.25) is 0 Å². The third-order valence-corrected chi connectivity index (χ3v) is 3.78. The molecule has 0 radical (unpaired) electrons. The highest BCUT2D eigenvalue weighted by atomic mass is 16.2. The van der Waals surface area contributed by atoms with Crippen LogP contribution in [-0.2, 0) is 4.79 Å². The number of hydrazine groups is 1. The smallest absolute Gasteiger partial charge is 0.263 e. The van der Waals surface area contributed by atoms with Crippen LogP contribution < -0.4 is 10.9 Å². The Morgan fingerprint density at radius 1 is 1.14 bits per heavy atom. The van der Waals surface area contributed by atoms with Crippen molar-refractivity contribution in [2.45, 2.75) is 19.4 Å². The van der Waals surface area contributed by atoms with Crippen molar-refractivity contribution in [1.29, 1.82) is 5.26 Å². The molecule has 0 bridgehead atoms. The molecule has 3 rings (SSSR count). The molecule has 1 fully saturated rings. The van der Waals surface area contributed by atoms with Crippen LogP contribution in [0.25, 0.3) is 16.8 Å². The number of hydrogen-bond donors (Lipinski definition) is 2. The lowest BCUT2D eigenvalue weighted by Crippen LogP contribution is -2.38. The molecule has 4 nitrogen and oxygen atoms in total. The summed E-state index contributed by atoms with van der Waals surface area (Å²) in [6, 6.07) is 13.6. The molecule has 104 valence electrons. The average molecular weight is 277 g/mol. The van der Waals surface area contributed by atoms with E-state index in [0.717, 1.165) is 16.3 Å². The van der Waals surface area contributed by atoms with E-state index in [1.165, 1.54) is 0 Å². The summed E-state index contributed by atoms with van der Waals surface area (Å²) in [5.41, 5.74) is 7.44.